The number of hydrogen-bond acceptors (Lipinski definition) is 5. The molecule has 0 saturated carbocycles. The van der Waals surface area contributed by atoms with Gasteiger partial charge in [-0.05, 0) is 49.4 Å². The summed E-state index contributed by atoms with van der Waals surface area (Å²) in [5.74, 6) is 1.68. The Balaban J connectivity index is 1.62. The maximum atomic E-state index is 10.4. The lowest BCUT2D eigenvalue weighted by atomic mass is 10.0. The number of phenols is 1. The lowest BCUT2D eigenvalue weighted by Gasteiger charge is -2.40. The van der Waals surface area contributed by atoms with Crippen molar-refractivity contribution in [3.8, 4) is 17.1 Å². The second-order valence-electron chi connectivity index (χ2n) is 8.26. The summed E-state index contributed by atoms with van der Waals surface area (Å²) in [6.07, 6.45) is 0. The number of hydrogen-bond donors (Lipinski definition) is 1. The van der Waals surface area contributed by atoms with Crippen LogP contribution >= 0.6 is 0 Å². The molecule has 4 aromatic rings. The summed E-state index contributed by atoms with van der Waals surface area (Å²) in [6, 6.07) is 24.5. The minimum Gasteiger partial charge on any atom is -0.507 e. The Bertz CT molecular complexity index is 1220. The normalized spacial score (nSPS) is 17.2. The molecule has 1 aliphatic rings. The number of nitrogens with zero attached hydrogens (tertiary/aromatic N) is 4. The van der Waals surface area contributed by atoms with Gasteiger partial charge >= 0.3 is 0 Å². The monoisotopic (exact) mass is 410 g/mol. The first kappa shape index (κ1) is 19.5. The Morgan fingerprint density at radius 1 is 0.903 bits per heavy atom. The predicted octanol–water partition coefficient (Wildman–Crippen LogP) is 4.80. The van der Waals surface area contributed by atoms with Crippen LogP contribution in [0.15, 0.2) is 72.8 Å². The predicted molar refractivity (Wildman–Crippen MR) is 125 cm³/mol. The minimum absolute atomic E-state index is 0.195. The number of benzene rings is 3. The summed E-state index contributed by atoms with van der Waals surface area (Å²) in [5, 5.41) is 11.5. The summed E-state index contributed by atoms with van der Waals surface area (Å²) >= 11 is 0. The van der Waals surface area contributed by atoms with Crippen LogP contribution in [-0.2, 0) is 0 Å². The first-order valence-electron chi connectivity index (χ1n) is 10.7. The van der Waals surface area contributed by atoms with E-state index < -0.39 is 0 Å². The molecule has 1 N–H and O–H groups in total. The van der Waals surface area contributed by atoms with Gasteiger partial charge in [0.1, 0.15) is 11.6 Å². The third-order valence-corrected chi connectivity index (χ3v) is 6.11. The zero-order valence-electron chi connectivity index (χ0n) is 17.9. The number of anilines is 1. The Labute approximate surface area is 182 Å². The number of para-hydroxylation sites is 1. The number of piperazine rings is 1. The summed E-state index contributed by atoms with van der Waals surface area (Å²) in [6.45, 7) is 4.76. The van der Waals surface area contributed by atoms with E-state index in [1.807, 2.05) is 18.2 Å². The second kappa shape index (κ2) is 8.00. The van der Waals surface area contributed by atoms with Gasteiger partial charge in [-0.25, -0.2) is 9.97 Å². The van der Waals surface area contributed by atoms with E-state index in [-0.39, 0.29) is 5.75 Å². The van der Waals surface area contributed by atoms with E-state index in [2.05, 4.69) is 72.3 Å². The fraction of sp³-hybridized carbons (Fsp3) is 0.231. The van der Waals surface area contributed by atoms with Gasteiger partial charge in [-0.2, -0.15) is 0 Å². The Morgan fingerprint density at radius 3 is 2.48 bits per heavy atom. The van der Waals surface area contributed by atoms with Crippen LogP contribution in [0.3, 0.4) is 0 Å². The van der Waals surface area contributed by atoms with Gasteiger partial charge in [0.15, 0.2) is 5.82 Å². The van der Waals surface area contributed by atoms with E-state index >= 15 is 0 Å². The van der Waals surface area contributed by atoms with Gasteiger partial charge in [-0.3, -0.25) is 4.90 Å². The fourth-order valence-electron chi connectivity index (χ4n) is 4.35. The van der Waals surface area contributed by atoms with Crippen molar-refractivity contribution in [3.05, 3.63) is 83.9 Å². The molecule has 1 saturated heterocycles. The maximum absolute atomic E-state index is 10.4. The first-order chi connectivity index (χ1) is 15.1. The van der Waals surface area contributed by atoms with Crippen molar-refractivity contribution < 1.29 is 5.11 Å². The highest BCUT2D eigenvalue weighted by Gasteiger charge is 2.28. The third-order valence-electron chi connectivity index (χ3n) is 6.11. The molecule has 5 nitrogen and oxygen atoms in total. The van der Waals surface area contributed by atoms with Crippen LogP contribution in [0.25, 0.3) is 22.3 Å². The average Bonchev–Trinajstić information content (AvgIpc) is 2.79. The molecular formula is C26H26N4O. The summed E-state index contributed by atoms with van der Waals surface area (Å²) in [4.78, 5) is 14.5. The molecule has 0 bridgehead atoms. The quantitative estimate of drug-likeness (QED) is 0.526. The molecule has 1 aromatic heterocycles. The van der Waals surface area contributed by atoms with Crippen LogP contribution in [0, 0.1) is 6.92 Å². The zero-order chi connectivity index (χ0) is 21.4. The average molecular weight is 411 g/mol. The molecule has 1 unspecified atom stereocenters. The van der Waals surface area contributed by atoms with E-state index in [0.29, 0.717) is 17.4 Å². The van der Waals surface area contributed by atoms with Crippen molar-refractivity contribution in [1.82, 2.24) is 14.9 Å². The molecule has 1 aliphatic heterocycles. The van der Waals surface area contributed by atoms with Crippen molar-refractivity contribution in [2.45, 2.75) is 13.0 Å². The molecule has 156 valence electrons. The van der Waals surface area contributed by atoms with Gasteiger partial charge in [0.25, 0.3) is 0 Å². The van der Waals surface area contributed by atoms with Gasteiger partial charge in [-0.1, -0.05) is 48.5 Å². The van der Waals surface area contributed by atoms with Gasteiger partial charge in [0, 0.05) is 25.0 Å². The van der Waals surface area contributed by atoms with Crippen molar-refractivity contribution in [1.29, 1.82) is 0 Å². The SMILES string of the molecule is Cc1ccc2c(N3CCN(C)C(c4ccccc4)C3)nc(-c3ccccc3O)nc2c1. The molecule has 1 atom stereocenters. The zero-order valence-corrected chi connectivity index (χ0v) is 17.9. The van der Waals surface area contributed by atoms with Crippen LogP contribution in [0.1, 0.15) is 17.2 Å². The molecule has 0 aliphatic carbocycles. The molecule has 5 rings (SSSR count). The molecule has 31 heavy (non-hydrogen) atoms. The Kier molecular flexibility index (Phi) is 5.04. The fourth-order valence-corrected chi connectivity index (χ4v) is 4.35. The van der Waals surface area contributed by atoms with Gasteiger partial charge < -0.3 is 10.0 Å². The molecule has 3 aromatic carbocycles. The lowest BCUT2D eigenvalue weighted by molar-refractivity contribution is 0.221. The third kappa shape index (κ3) is 3.73. The van der Waals surface area contributed by atoms with Crippen LogP contribution < -0.4 is 4.90 Å². The van der Waals surface area contributed by atoms with Gasteiger partial charge in [-0.15, -0.1) is 0 Å². The highest BCUT2D eigenvalue weighted by atomic mass is 16.3. The van der Waals surface area contributed by atoms with Crippen molar-refractivity contribution in [2.24, 2.45) is 0 Å². The number of fused-ring (bicyclic) bond motifs is 1. The van der Waals surface area contributed by atoms with Gasteiger partial charge in [0.2, 0.25) is 0 Å². The molecule has 0 spiro atoms. The van der Waals surface area contributed by atoms with Crippen LogP contribution in [0.5, 0.6) is 5.75 Å². The summed E-state index contributed by atoms with van der Waals surface area (Å²) < 4.78 is 0. The topological polar surface area (TPSA) is 52.5 Å². The molecule has 0 radical (unpaired) electrons. The summed E-state index contributed by atoms with van der Waals surface area (Å²) in [7, 11) is 2.18. The second-order valence-corrected chi connectivity index (χ2v) is 8.26. The molecular weight excluding hydrogens is 384 g/mol. The van der Waals surface area contributed by atoms with E-state index in [9.17, 15) is 5.11 Å². The largest absolute Gasteiger partial charge is 0.507 e. The number of rotatable bonds is 3. The number of aryl methyl sites for hydroxylation is 1. The maximum Gasteiger partial charge on any atom is 0.165 e. The van der Waals surface area contributed by atoms with E-state index in [0.717, 1.165) is 41.9 Å². The van der Waals surface area contributed by atoms with Crippen molar-refractivity contribution in [3.63, 3.8) is 0 Å². The number of likely N-dealkylation sites (N-methyl/N-ethyl adjacent to an activating group) is 1. The van der Waals surface area contributed by atoms with E-state index in [1.165, 1.54) is 5.56 Å². The standard InChI is InChI=1S/C26H26N4O/c1-18-12-13-20-22(16-18)27-25(21-10-6-7-11-24(21)31)28-26(20)30-15-14-29(2)23(17-30)19-8-4-3-5-9-19/h3-13,16,23,31H,14-15,17H2,1-2H3. The molecule has 0 amide bonds. The van der Waals surface area contributed by atoms with Crippen molar-refractivity contribution >= 4 is 16.7 Å². The molecule has 5 heteroatoms. The number of phenolic OH excluding ortho intramolecular Hbond substituents is 1. The van der Waals surface area contributed by atoms with Gasteiger partial charge in [0.05, 0.1) is 17.1 Å². The highest BCUT2D eigenvalue weighted by molar-refractivity contribution is 5.92. The smallest absolute Gasteiger partial charge is 0.165 e. The number of aromatic nitrogens is 2. The Hall–Kier alpha value is -3.44. The first-order valence-corrected chi connectivity index (χ1v) is 10.7. The highest BCUT2D eigenvalue weighted by Crippen LogP contribution is 2.34. The Morgan fingerprint density at radius 2 is 1.68 bits per heavy atom. The number of aromatic hydroxyl groups is 1. The molecule has 2 heterocycles. The van der Waals surface area contributed by atoms with E-state index in [1.54, 1.807) is 6.07 Å². The van der Waals surface area contributed by atoms with Crippen molar-refractivity contribution in [2.75, 3.05) is 31.6 Å². The van der Waals surface area contributed by atoms with Crippen LogP contribution in [0.2, 0.25) is 0 Å². The molecule has 1 fully saturated rings. The lowest BCUT2D eigenvalue weighted by Crippen LogP contribution is -2.47. The van der Waals surface area contributed by atoms with Crippen LogP contribution in [0.4, 0.5) is 5.82 Å². The van der Waals surface area contributed by atoms with Crippen LogP contribution in [-0.4, -0.2) is 46.7 Å². The van der Waals surface area contributed by atoms with E-state index in [4.69, 9.17) is 9.97 Å². The minimum atomic E-state index is 0.195. The summed E-state index contributed by atoms with van der Waals surface area (Å²) in [5.41, 5.74) is 4.02.